The molecule has 0 unspecified atom stereocenters. The Morgan fingerprint density at radius 3 is 2.52 bits per heavy atom. The largest absolute Gasteiger partial charge is 0.494 e. The van der Waals surface area contributed by atoms with Crippen LogP contribution in [0, 0.1) is 19.7 Å². The summed E-state index contributed by atoms with van der Waals surface area (Å²) >= 11 is 0. The fourth-order valence-corrected chi connectivity index (χ4v) is 2.03. The molecular weight excluding hydrogens is 269 g/mol. The Hall–Kier alpha value is -2.36. The van der Waals surface area contributed by atoms with Gasteiger partial charge in [0.15, 0.2) is 11.6 Å². The van der Waals surface area contributed by atoms with Crippen molar-refractivity contribution in [2.75, 3.05) is 12.4 Å². The van der Waals surface area contributed by atoms with Gasteiger partial charge in [0.05, 0.1) is 13.5 Å². The number of carbonyl (C=O) groups excluding carboxylic acids is 1. The average Bonchev–Trinajstić information content (AvgIpc) is 2.43. The predicted octanol–water partition coefficient (Wildman–Crippen LogP) is 3.63. The van der Waals surface area contributed by atoms with Crippen LogP contribution in [-0.4, -0.2) is 13.0 Å². The second-order valence-electron chi connectivity index (χ2n) is 4.99. The molecular formula is C17H18FNO2. The van der Waals surface area contributed by atoms with Gasteiger partial charge in [-0.1, -0.05) is 12.1 Å². The van der Waals surface area contributed by atoms with Gasteiger partial charge in [0.25, 0.3) is 0 Å². The summed E-state index contributed by atoms with van der Waals surface area (Å²) in [4.78, 5) is 12.0. The van der Waals surface area contributed by atoms with E-state index in [2.05, 4.69) is 5.32 Å². The highest BCUT2D eigenvalue weighted by molar-refractivity contribution is 5.92. The molecule has 0 aliphatic heterocycles. The summed E-state index contributed by atoms with van der Waals surface area (Å²) in [6, 6.07) is 10.3. The van der Waals surface area contributed by atoms with Crippen molar-refractivity contribution in [2.45, 2.75) is 20.3 Å². The fraction of sp³-hybridized carbons (Fsp3) is 0.235. The molecule has 21 heavy (non-hydrogen) atoms. The standard InChI is InChI=1S/C17H18FNO2/c1-11-4-6-14(8-12(11)2)19-17(20)10-13-5-7-16(21-3)15(18)9-13/h4-9H,10H2,1-3H3,(H,19,20). The van der Waals surface area contributed by atoms with Crippen LogP contribution < -0.4 is 10.1 Å². The number of ether oxygens (including phenoxy) is 1. The summed E-state index contributed by atoms with van der Waals surface area (Å²) in [7, 11) is 1.41. The summed E-state index contributed by atoms with van der Waals surface area (Å²) in [6.45, 7) is 4.00. The maximum Gasteiger partial charge on any atom is 0.228 e. The minimum absolute atomic E-state index is 0.119. The first kappa shape index (κ1) is 15.0. The Balaban J connectivity index is 2.04. The number of amides is 1. The van der Waals surface area contributed by atoms with Crippen molar-refractivity contribution < 1.29 is 13.9 Å². The van der Waals surface area contributed by atoms with Crippen LogP contribution in [0.2, 0.25) is 0 Å². The zero-order valence-electron chi connectivity index (χ0n) is 12.4. The third-order valence-electron chi connectivity index (χ3n) is 3.37. The molecule has 0 radical (unpaired) electrons. The highest BCUT2D eigenvalue weighted by atomic mass is 19.1. The van der Waals surface area contributed by atoms with Gasteiger partial charge in [-0.25, -0.2) is 4.39 Å². The predicted molar refractivity (Wildman–Crippen MR) is 81.2 cm³/mol. The lowest BCUT2D eigenvalue weighted by Gasteiger charge is -2.08. The molecule has 0 aliphatic carbocycles. The van der Waals surface area contributed by atoms with E-state index in [1.165, 1.54) is 24.8 Å². The number of hydrogen-bond acceptors (Lipinski definition) is 2. The maximum absolute atomic E-state index is 13.6. The molecule has 2 aromatic carbocycles. The third-order valence-corrected chi connectivity index (χ3v) is 3.37. The lowest BCUT2D eigenvalue weighted by molar-refractivity contribution is -0.115. The van der Waals surface area contributed by atoms with Crippen molar-refractivity contribution in [3.8, 4) is 5.75 Å². The Morgan fingerprint density at radius 2 is 1.90 bits per heavy atom. The highest BCUT2D eigenvalue weighted by Crippen LogP contribution is 2.19. The smallest absolute Gasteiger partial charge is 0.228 e. The molecule has 0 atom stereocenters. The zero-order chi connectivity index (χ0) is 15.4. The van der Waals surface area contributed by atoms with Crippen molar-refractivity contribution in [1.82, 2.24) is 0 Å². The van der Waals surface area contributed by atoms with Crippen LogP contribution in [0.5, 0.6) is 5.75 Å². The van der Waals surface area contributed by atoms with Crippen LogP contribution in [0.15, 0.2) is 36.4 Å². The molecule has 0 aromatic heterocycles. The molecule has 0 fully saturated rings. The maximum atomic E-state index is 13.6. The zero-order valence-corrected chi connectivity index (χ0v) is 12.4. The SMILES string of the molecule is COc1ccc(CC(=O)Nc2ccc(C)c(C)c2)cc1F. The Morgan fingerprint density at radius 1 is 1.14 bits per heavy atom. The molecule has 0 bridgehead atoms. The summed E-state index contributed by atoms with van der Waals surface area (Å²) in [5.41, 5.74) is 3.64. The van der Waals surface area contributed by atoms with Crippen LogP contribution in [-0.2, 0) is 11.2 Å². The summed E-state index contributed by atoms with van der Waals surface area (Å²) in [5.74, 6) is -0.467. The van der Waals surface area contributed by atoms with Gasteiger partial charge in [0.2, 0.25) is 5.91 Å². The topological polar surface area (TPSA) is 38.3 Å². The quantitative estimate of drug-likeness (QED) is 0.932. The molecule has 1 N–H and O–H groups in total. The molecule has 0 saturated heterocycles. The third kappa shape index (κ3) is 3.81. The molecule has 110 valence electrons. The van der Waals surface area contributed by atoms with E-state index < -0.39 is 5.82 Å². The van der Waals surface area contributed by atoms with E-state index in [0.717, 1.165) is 11.3 Å². The van der Waals surface area contributed by atoms with Gasteiger partial charge in [0.1, 0.15) is 0 Å². The average molecular weight is 287 g/mol. The van der Waals surface area contributed by atoms with E-state index in [1.807, 2.05) is 32.0 Å². The number of carbonyl (C=O) groups is 1. The van der Waals surface area contributed by atoms with Crippen LogP contribution in [0.25, 0.3) is 0 Å². The molecule has 0 spiro atoms. The first-order valence-electron chi connectivity index (χ1n) is 6.69. The fourth-order valence-electron chi connectivity index (χ4n) is 2.03. The second kappa shape index (κ2) is 6.39. The molecule has 0 aliphatic rings. The Labute approximate surface area is 123 Å². The van der Waals surface area contributed by atoms with E-state index in [4.69, 9.17) is 4.74 Å². The number of nitrogens with one attached hydrogen (secondary N) is 1. The summed E-state index contributed by atoms with van der Waals surface area (Å²) < 4.78 is 18.4. The van der Waals surface area contributed by atoms with Crippen LogP contribution in [0.1, 0.15) is 16.7 Å². The van der Waals surface area contributed by atoms with Crippen molar-refractivity contribution in [1.29, 1.82) is 0 Å². The number of rotatable bonds is 4. The van der Waals surface area contributed by atoms with E-state index >= 15 is 0 Å². The number of halogens is 1. The van der Waals surface area contributed by atoms with Gasteiger partial charge in [-0.3, -0.25) is 4.79 Å². The molecule has 4 heteroatoms. The van der Waals surface area contributed by atoms with Crippen LogP contribution in [0.4, 0.5) is 10.1 Å². The summed E-state index contributed by atoms with van der Waals surface area (Å²) in [5, 5.41) is 2.81. The van der Waals surface area contributed by atoms with E-state index in [0.29, 0.717) is 5.56 Å². The van der Waals surface area contributed by atoms with Crippen molar-refractivity contribution >= 4 is 11.6 Å². The van der Waals surface area contributed by atoms with Gasteiger partial charge in [0, 0.05) is 5.69 Å². The summed E-state index contributed by atoms with van der Waals surface area (Å²) in [6.07, 6.45) is 0.119. The minimum atomic E-state index is -0.464. The normalized spacial score (nSPS) is 10.3. The number of methoxy groups -OCH3 is 1. The number of aryl methyl sites for hydroxylation is 2. The van der Waals surface area contributed by atoms with Gasteiger partial charge in [-0.2, -0.15) is 0 Å². The molecule has 3 nitrogen and oxygen atoms in total. The number of anilines is 1. The van der Waals surface area contributed by atoms with E-state index in [1.54, 1.807) is 6.07 Å². The van der Waals surface area contributed by atoms with Crippen molar-refractivity contribution in [3.05, 3.63) is 58.9 Å². The van der Waals surface area contributed by atoms with Gasteiger partial charge in [-0.05, 0) is 54.8 Å². The first-order valence-corrected chi connectivity index (χ1v) is 6.69. The Kier molecular flexibility index (Phi) is 4.58. The van der Waals surface area contributed by atoms with E-state index in [-0.39, 0.29) is 18.1 Å². The Bertz CT molecular complexity index is 668. The minimum Gasteiger partial charge on any atom is -0.494 e. The van der Waals surface area contributed by atoms with Crippen LogP contribution >= 0.6 is 0 Å². The lowest BCUT2D eigenvalue weighted by Crippen LogP contribution is -2.14. The van der Waals surface area contributed by atoms with Crippen LogP contribution in [0.3, 0.4) is 0 Å². The molecule has 1 amide bonds. The molecule has 2 aromatic rings. The number of hydrogen-bond donors (Lipinski definition) is 1. The lowest BCUT2D eigenvalue weighted by atomic mass is 10.1. The first-order chi connectivity index (χ1) is 9.99. The van der Waals surface area contributed by atoms with Gasteiger partial charge < -0.3 is 10.1 Å². The van der Waals surface area contributed by atoms with Crippen molar-refractivity contribution in [2.24, 2.45) is 0 Å². The second-order valence-corrected chi connectivity index (χ2v) is 4.99. The molecule has 0 saturated carbocycles. The molecule has 2 rings (SSSR count). The van der Waals surface area contributed by atoms with Gasteiger partial charge >= 0.3 is 0 Å². The van der Waals surface area contributed by atoms with E-state index in [9.17, 15) is 9.18 Å². The number of benzene rings is 2. The highest BCUT2D eigenvalue weighted by Gasteiger charge is 2.08. The van der Waals surface area contributed by atoms with Crippen molar-refractivity contribution in [3.63, 3.8) is 0 Å². The monoisotopic (exact) mass is 287 g/mol. The molecule has 0 heterocycles. The van der Waals surface area contributed by atoms with Gasteiger partial charge in [-0.15, -0.1) is 0 Å².